The van der Waals surface area contributed by atoms with E-state index in [1.807, 2.05) is 13.8 Å². The summed E-state index contributed by atoms with van der Waals surface area (Å²) in [4.78, 5) is 13.4. The van der Waals surface area contributed by atoms with Crippen molar-refractivity contribution in [2.45, 2.75) is 19.4 Å². The van der Waals surface area contributed by atoms with Crippen molar-refractivity contribution in [2.24, 2.45) is 11.7 Å². The third kappa shape index (κ3) is 2.32. The molecule has 0 spiro atoms. The largest absolute Gasteiger partial charge is 0.335 e. The van der Waals surface area contributed by atoms with Gasteiger partial charge in [-0.1, -0.05) is 13.8 Å². The molecule has 0 atom stereocenters. The number of likely N-dealkylation sites (tertiary alicyclic amines) is 1. The lowest BCUT2D eigenvalue weighted by atomic mass is 9.80. The highest BCUT2D eigenvalue weighted by Crippen LogP contribution is 2.28. The van der Waals surface area contributed by atoms with Gasteiger partial charge in [0.05, 0.1) is 5.54 Å². The number of hydrogen-bond donors (Lipinski definition) is 1. The fourth-order valence-electron chi connectivity index (χ4n) is 2.03. The van der Waals surface area contributed by atoms with E-state index >= 15 is 0 Å². The number of nitrogens with two attached hydrogens (primary N) is 1. The van der Waals surface area contributed by atoms with Crippen molar-refractivity contribution in [3.8, 4) is 0 Å². The summed E-state index contributed by atoms with van der Waals surface area (Å²) in [6.45, 7) is 4.53. The minimum Gasteiger partial charge on any atom is -0.335 e. The van der Waals surface area contributed by atoms with Crippen LogP contribution in [0.1, 0.15) is 24.2 Å². The van der Waals surface area contributed by atoms with Gasteiger partial charge in [-0.15, -0.1) is 0 Å². The van der Waals surface area contributed by atoms with Crippen LogP contribution >= 0.6 is 0 Å². The summed E-state index contributed by atoms with van der Waals surface area (Å²) in [5.41, 5.74) is 5.36. The number of nitrogens with zero attached hydrogens (tertiary/aromatic N) is 1. The average molecular weight is 272 g/mol. The minimum atomic E-state index is -1.57. The van der Waals surface area contributed by atoms with Gasteiger partial charge in [0.25, 0.3) is 5.91 Å². The predicted octanol–water partition coefficient (Wildman–Crippen LogP) is 1.91. The van der Waals surface area contributed by atoms with Crippen molar-refractivity contribution in [2.75, 3.05) is 13.1 Å². The number of carbonyl (C=O) groups is 1. The van der Waals surface area contributed by atoms with E-state index in [-0.39, 0.29) is 11.5 Å². The molecule has 1 fully saturated rings. The quantitative estimate of drug-likeness (QED) is 0.836. The highest BCUT2D eigenvalue weighted by molar-refractivity contribution is 5.95. The van der Waals surface area contributed by atoms with Gasteiger partial charge >= 0.3 is 0 Å². The predicted molar refractivity (Wildman–Crippen MR) is 64.0 cm³/mol. The van der Waals surface area contributed by atoms with E-state index < -0.39 is 28.9 Å². The van der Waals surface area contributed by atoms with E-state index in [1.165, 1.54) is 4.90 Å². The smallest absolute Gasteiger partial charge is 0.254 e. The number of hydrogen-bond acceptors (Lipinski definition) is 2. The van der Waals surface area contributed by atoms with Crippen LogP contribution in [0.2, 0.25) is 0 Å². The minimum absolute atomic E-state index is 0.193. The topological polar surface area (TPSA) is 46.3 Å². The second kappa shape index (κ2) is 4.52. The first kappa shape index (κ1) is 13.9. The Balaban J connectivity index is 2.15. The Morgan fingerprint density at radius 2 is 1.74 bits per heavy atom. The molecule has 2 rings (SSSR count). The van der Waals surface area contributed by atoms with Crippen LogP contribution in [0.3, 0.4) is 0 Å². The fourth-order valence-corrected chi connectivity index (χ4v) is 2.03. The third-order valence-corrected chi connectivity index (χ3v) is 3.64. The Morgan fingerprint density at radius 3 is 2.16 bits per heavy atom. The number of rotatable bonds is 2. The summed E-state index contributed by atoms with van der Waals surface area (Å²) in [6, 6.07) is 1.40. The highest BCUT2D eigenvalue weighted by Gasteiger charge is 2.44. The number of benzene rings is 1. The third-order valence-electron chi connectivity index (χ3n) is 3.64. The molecule has 0 aliphatic carbocycles. The van der Waals surface area contributed by atoms with Gasteiger partial charge in [-0.3, -0.25) is 4.79 Å². The van der Waals surface area contributed by atoms with Crippen molar-refractivity contribution in [1.29, 1.82) is 0 Å². The van der Waals surface area contributed by atoms with Gasteiger partial charge in [-0.25, -0.2) is 13.2 Å². The second-order valence-corrected chi connectivity index (χ2v) is 5.30. The highest BCUT2D eigenvalue weighted by atomic mass is 19.2. The average Bonchev–Trinajstić information content (AvgIpc) is 2.30. The Bertz CT molecular complexity index is 502. The maximum Gasteiger partial charge on any atom is 0.254 e. The maximum atomic E-state index is 13.1. The summed E-state index contributed by atoms with van der Waals surface area (Å²) >= 11 is 0. The zero-order valence-corrected chi connectivity index (χ0v) is 10.7. The lowest BCUT2D eigenvalue weighted by molar-refractivity contribution is 0.0274. The zero-order valence-electron chi connectivity index (χ0n) is 10.7. The molecular weight excluding hydrogens is 257 g/mol. The first-order chi connectivity index (χ1) is 8.74. The molecule has 1 aliphatic heterocycles. The molecule has 0 saturated carbocycles. The van der Waals surface area contributed by atoms with Crippen molar-refractivity contribution in [3.05, 3.63) is 35.1 Å². The summed E-state index contributed by atoms with van der Waals surface area (Å²) in [5.74, 6) is -4.66. The molecule has 19 heavy (non-hydrogen) atoms. The summed E-state index contributed by atoms with van der Waals surface area (Å²) in [7, 11) is 0. The van der Waals surface area contributed by atoms with Gasteiger partial charge in [0.15, 0.2) is 17.5 Å². The summed E-state index contributed by atoms with van der Waals surface area (Å²) < 4.78 is 38.9. The molecule has 0 aromatic heterocycles. The van der Waals surface area contributed by atoms with Gasteiger partial charge in [0.2, 0.25) is 0 Å². The molecule has 1 aliphatic rings. The molecule has 2 N–H and O–H groups in total. The lowest BCUT2D eigenvalue weighted by Crippen LogP contribution is -2.71. The Labute approximate surface area is 109 Å². The van der Waals surface area contributed by atoms with Crippen LogP contribution in [0.25, 0.3) is 0 Å². The zero-order chi connectivity index (χ0) is 14.4. The Morgan fingerprint density at radius 1 is 1.26 bits per heavy atom. The van der Waals surface area contributed by atoms with Crippen LogP contribution in [-0.4, -0.2) is 29.4 Å². The van der Waals surface area contributed by atoms with Gasteiger partial charge in [-0.2, -0.15) is 0 Å². The molecule has 6 heteroatoms. The molecule has 3 nitrogen and oxygen atoms in total. The summed E-state index contributed by atoms with van der Waals surface area (Å²) in [5, 5.41) is 0. The van der Waals surface area contributed by atoms with E-state index in [1.54, 1.807) is 0 Å². The van der Waals surface area contributed by atoms with Crippen LogP contribution in [-0.2, 0) is 0 Å². The maximum absolute atomic E-state index is 13.1. The molecule has 1 aromatic carbocycles. The van der Waals surface area contributed by atoms with Crippen molar-refractivity contribution in [3.63, 3.8) is 0 Å². The van der Waals surface area contributed by atoms with E-state index in [0.717, 1.165) is 0 Å². The standard InChI is InChI=1S/C13H15F3N2O/c1-7(2)13(17)5-18(6-13)12(19)8-3-9(14)11(16)10(15)4-8/h3-4,7H,5-6,17H2,1-2H3. The van der Waals surface area contributed by atoms with Crippen molar-refractivity contribution >= 4 is 5.91 Å². The summed E-state index contributed by atoms with van der Waals surface area (Å²) in [6.07, 6.45) is 0. The second-order valence-electron chi connectivity index (χ2n) is 5.30. The SMILES string of the molecule is CC(C)C1(N)CN(C(=O)c2cc(F)c(F)c(F)c2)C1. The molecular formula is C13H15F3N2O. The normalized spacial score (nSPS) is 17.5. The molecule has 1 amide bonds. The van der Waals surface area contributed by atoms with Gasteiger partial charge < -0.3 is 10.6 Å². The first-order valence-corrected chi connectivity index (χ1v) is 5.97. The lowest BCUT2D eigenvalue weighted by Gasteiger charge is -2.50. The van der Waals surface area contributed by atoms with Crippen LogP contribution in [0.15, 0.2) is 12.1 Å². The van der Waals surface area contributed by atoms with E-state index in [0.29, 0.717) is 25.2 Å². The number of amides is 1. The van der Waals surface area contributed by atoms with Crippen molar-refractivity contribution in [1.82, 2.24) is 4.90 Å². The molecule has 1 saturated heterocycles. The molecule has 104 valence electrons. The Hall–Kier alpha value is -1.56. The number of halogens is 3. The van der Waals surface area contributed by atoms with Crippen LogP contribution in [0.5, 0.6) is 0 Å². The molecule has 0 bridgehead atoms. The van der Waals surface area contributed by atoms with E-state index in [4.69, 9.17) is 5.73 Å². The Kier molecular flexibility index (Phi) is 3.30. The van der Waals surface area contributed by atoms with Crippen molar-refractivity contribution < 1.29 is 18.0 Å². The fraction of sp³-hybridized carbons (Fsp3) is 0.462. The van der Waals surface area contributed by atoms with E-state index in [2.05, 4.69) is 0 Å². The van der Waals surface area contributed by atoms with Crippen LogP contribution in [0, 0.1) is 23.4 Å². The first-order valence-electron chi connectivity index (χ1n) is 5.97. The molecule has 0 radical (unpaired) electrons. The monoisotopic (exact) mass is 272 g/mol. The van der Waals surface area contributed by atoms with Crippen LogP contribution < -0.4 is 5.73 Å². The van der Waals surface area contributed by atoms with Gasteiger partial charge in [-0.05, 0) is 18.1 Å². The van der Waals surface area contributed by atoms with Gasteiger partial charge in [0.1, 0.15) is 0 Å². The molecule has 1 heterocycles. The van der Waals surface area contributed by atoms with Gasteiger partial charge in [0, 0.05) is 18.7 Å². The van der Waals surface area contributed by atoms with Crippen LogP contribution in [0.4, 0.5) is 13.2 Å². The molecule has 1 aromatic rings. The molecule has 0 unspecified atom stereocenters. The van der Waals surface area contributed by atoms with E-state index in [9.17, 15) is 18.0 Å². The number of carbonyl (C=O) groups excluding carboxylic acids is 1.